The van der Waals surface area contributed by atoms with Crippen molar-refractivity contribution in [2.45, 2.75) is 26.6 Å². The second-order valence-electron chi connectivity index (χ2n) is 7.19. The van der Waals surface area contributed by atoms with Gasteiger partial charge in [0.1, 0.15) is 12.4 Å². The van der Waals surface area contributed by atoms with Crippen LogP contribution in [0, 0.1) is 6.92 Å². The molecule has 0 radical (unpaired) electrons. The lowest BCUT2D eigenvalue weighted by Crippen LogP contribution is -2.14. The summed E-state index contributed by atoms with van der Waals surface area (Å²) < 4.78 is 12.5. The monoisotopic (exact) mass is 465 g/mol. The topological polar surface area (TPSA) is 59.2 Å². The van der Waals surface area contributed by atoms with E-state index in [0.717, 1.165) is 32.5 Å². The first-order valence-electron chi connectivity index (χ1n) is 9.81. The SMILES string of the molecule is COc1cc(CNCc2nc3ccccc3[nH]2)cc(Br)c1OCc1ccc(C)cc1. The first-order chi connectivity index (χ1) is 14.6. The molecule has 0 aliphatic rings. The molecule has 4 rings (SSSR count). The number of rotatable bonds is 8. The normalized spacial score (nSPS) is 11.0. The van der Waals surface area contributed by atoms with Crippen molar-refractivity contribution in [3.63, 3.8) is 0 Å². The smallest absolute Gasteiger partial charge is 0.175 e. The summed E-state index contributed by atoms with van der Waals surface area (Å²) in [6.45, 7) is 3.90. The summed E-state index contributed by atoms with van der Waals surface area (Å²) in [5.41, 5.74) is 5.48. The third-order valence-electron chi connectivity index (χ3n) is 4.85. The Labute approximate surface area is 184 Å². The molecule has 0 saturated heterocycles. The molecule has 3 aromatic carbocycles. The molecule has 0 spiro atoms. The quantitative estimate of drug-likeness (QED) is 0.360. The summed E-state index contributed by atoms with van der Waals surface area (Å²) in [7, 11) is 1.66. The minimum atomic E-state index is 0.485. The Balaban J connectivity index is 1.40. The number of methoxy groups -OCH3 is 1. The highest BCUT2D eigenvalue weighted by Gasteiger charge is 2.12. The van der Waals surface area contributed by atoms with Crippen molar-refractivity contribution >= 4 is 27.0 Å². The van der Waals surface area contributed by atoms with Gasteiger partial charge in [-0.1, -0.05) is 42.0 Å². The predicted octanol–water partition coefficient (Wildman–Crippen LogP) is 5.51. The van der Waals surface area contributed by atoms with Crippen molar-refractivity contribution in [2.75, 3.05) is 7.11 Å². The zero-order valence-corrected chi connectivity index (χ0v) is 18.6. The molecule has 1 aromatic heterocycles. The maximum Gasteiger partial charge on any atom is 0.175 e. The van der Waals surface area contributed by atoms with Gasteiger partial charge in [0.05, 0.1) is 29.2 Å². The Kier molecular flexibility index (Phi) is 6.35. The Bertz CT molecular complexity index is 1110. The van der Waals surface area contributed by atoms with Crippen LogP contribution in [0.2, 0.25) is 0 Å². The lowest BCUT2D eigenvalue weighted by atomic mass is 10.1. The number of nitrogens with zero attached hydrogens (tertiary/aromatic N) is 1. The van der Waals surface area contributed by atoms with Crippen LogP contribution in [0.5, 0.6) is 11.5 Å². The summed E-state index contributed by atoms with van der Waals surface area (Å²) in [5, 5.41) is 3.43. The van der Waals surface area contributed by atoms with Crippen molar-refractivity contribution in [1.82, 2.24) is 15.3 Å². The summed E-state index contributed by atoms with van der Waals surface area (Å²) in [6, 6.07) is 20.4. The largest absolute Gasteiger partial charge is 0.493 e. The van der Waals surface area contributed by atoms with E-state index in [-0.39, 0.29) is 0 Å². The second-order valence-corrected chi connectivity index (χ2v) is 8.04. The number of imidazole rings is 1. The zero-order valence-electron chi connectivity index (χ0n) is 17.0. The van der Waals surface area contributed by atoms with Crippen LogP contribution in [-0.2, 0) is 19.7 Å². The van der Waals surface area contributed by atoms with Crippen molar-refractivity contribution < 1.29 is 9.47 Å². The zero-order chi connectivity index (χ0) is 20.9. The van der Waals surface area contributed by atoms with Gasteiger partial charge in [0.15, 0.2) is 11.5 Å². The minimum absolute atomic E-state index is 0.485. The second kappa shape index (κ2) is 9.32. The van der Waals surface area contributed by atoms with Crippen molar-refractivity contribution in [3.8, 4) is 11.5 Å². The minimum Gasteiger partial charge on any atom is -0.493 e. The third-order valence-corrected chi connectivity index (χ3v) is 5.44. The highest BCUT2D eigenvalue weighted by atomic mass is 79.9. The van der Waals surface area contributed by atoms with Crippen LogP contribution in [0.3, 0.4) is 0 Å². The van der Waals surface area contributed by atoms with Gasteiger partial charge in [0, 0.05) is 6.54 Å². The van der Waals surface area contributed by atoms with Gasteiger partial charge in [0.25, 0.3) is 0 Å². The van der Waals surface area contributed by atoms with Gasteiger partial charge in [-0.2, -0.15) is 0 Å². The molecule has 6 heteroatoms. The maximum absolute atomic E-state index is 6.04. The van der Waals surface area contributed by atoms with E-state index in [1.165, 1.54) is 5.56 Å². The number of nitrogens with one attached hydrogen (secondary N) is 2. The highest BCUT2D eigenvalue weighted by molar-refractivity contribution is 9.10. The van der Waals surface area contributed by atoms with E-state index in [1.807, 2.05) is 30.3 Å². The van der Waals surface area contributed by atoms with Crippen LogP contribution in [0.15, 0.2) is 65.1 Å². The van der Waals surface area contributed by atoms with E-state index in [0.29, 0.717) is 31.2 Å². The summed E-state index contributed by atoms with van der Waals surface area (Å²) in [5.74, 6) is 2.33. The Hall–Kier alpha value is -2.83. The van der Waals surface area contributed by atoms with Crippen LogP contribution in [0.4, 0.5) is 0 Å². The molecule has 0 bridgehead atoms. The number of ether oxygens (including phenoxy) is 2. The number of aromatic amines is 1. The van der Waals surface area contributed by atoms with E-state index in [9.17, 15) is 0 Å². The van der Waals surface area contributed by atoms with Crippen LogP contribution >= 0.6 is 15.9 Å². The number of halogens is 1. The van der Waals surface area contributed by atoms with Crippen molar-refractivity contribution in [3.05, 3.63) is 87.7 Å². The fraction of sp³-hybridized carbons (Fsp3) is 0.208. The number of hydrogen-bond donors (Lipinski definition) is 2. The number of para-hydroxylation sites is 2. The molecule has 0 atom stereocenters. The van der Waals surface area contributed by atoms with Crippen molar-refractivity contribution in [1.29, 1.82) is 0 Å². The van der Waals surface area contributed by atoms with Gasteiger partial charge in [-0.05, 0) is 58.2 Å². The summed E-state index contributed by atoms with van der Waals surface area (Å²) in [6.07, 6.45) is 0. The Morgan fingerprint density at radius 2 is 1.80 bits per heavy atom. The molecule has 4 aromatic rings. The van der Waals surface area contributed by atoms with Gasteiger partial charge in [-0.3, -0.25) is 0 Å². The average Bonchev–Trinajstić information content (AvgIpc) is 3.16. The first-order valence-corrected chi connectivity index (χ1v) is 10.6. The standard InChI is InChI=1S/C24H24BrN3O2/c1-16-7-9-17(10-8-16)15-30-24-19(25)11-18(12-22(24)29-2)13-26-14-23-27-20-5-3-4-6-21(20)28-23/h3-12,26H,13-15H2,1-2H3,(H,27,28). The number of benzene rings is 3. The molecule has 0 aliphatic heterocycles. The fourth-order valence-electron chi connectivity index (χ4n) is 3.27. The van der Waals surface area contributed by atoms with E-state index in [4.69, 9.17) is 9.47 Å². The van der Waals surface area contributed by atoms with Gasteiger partial charge in [0.2, 0.25) is 0 Å². The van der Waals surface area contributed by atoms with E-state index < -0.39 is 0 Å². The van der Waals surface area contributed by atoms with Gasteiger partial charge < -0.3 is 19.8 Å². The molecular weight excluding hydrogens is 442 g/mol. The number of aromatic nitrogens is 2. The third kappa shape index (κ3) is 4.83. The van der Waals surface area contributed by atoms with E-state index in [1.54, 1.807) is 7.11 Å². The first kappa shape index (κ1) is 20.4. The molecule has 0 saturated carbocycles. The van der Waals surface area contributed by atoms with Crippen LogP contribution in [0.1, 0.15) is 22.5 Å². The summed E-state index contributed by atoms with van der Waals surface area (Å²) >= 11 is 3.63. The number of hydrogen-bond acceptors (Lipinski definition) is 4. The van der Waals surface area contributed by atoms with E-state index >= 15 is 0 Å². The highest BCUT2D eigenvalue weighted by Crippen LogP contribution is 2.37. The molecule has 0 unspecified atom stereocenters. The Morgan fingerprint density at radius 1 is 1.00 bits per heavy atom. The molecule has 0 fully saturated rings. The van der Waals surface area contributed by atoms with Crippen LogP contribution < -0.4 is 14.8 Å². The lowest BCUT2D eigenvalue weighted by molar-refractivity contribution is 0.282. The molecule has 1 heterocycles. The van der Waals surface area contributed by atoms with Crippen LogP contribution in [0.25, 0.3) is 11.0 Å². The lowest BCUT2D eigenvalue weighted by Gasteiger charge is -2.15. The molecule has 2 N–H and O–H groups in total. The molecule has 5 nitrogen and oxygen atoms in total. The number of fused-ring (bicyclic) bond motifs is 1. The number of aryl methyl sites for hydroxylation is 1. The fourth-order valence-corrected chi connectivity index (χ4v) is 3.87. The van der Waals surface area contributed by atoms with Crippen molar-refractivity contribution in [2.24, 2.45) is 0 Å². The van der Waals surface area contributed by atoms with Gasteiger partial charge >= 0.3 is 0 Å². The Morgan fingerprint density at radius 3 is 2.57 bits per heavy atom. The molecular formula is C24H24BrN3O2. The molecule has 154 valence electrons. The van der Waals surface area contributed by atoms with E-state index in [2.05, 4.69) is 68.5 Å². The maximum atomic E-state index is 6.04. The van der Waals surface area contributed by atoms with Gasteiger partial charge in [-0.15, -0.1) is 0 Å². The molecule has 0 amide bonds. The molecule has 30 heavy (non-hydrogen) atoms. The average molecular weight is 466 g/mol. The molecule has 0 aliphatic carbocycles. The summed E-state index contributed by atoms with van der Waals surface area (Å²) in [4.78, 5) is 7.93. The number of H-pyrrole nitrogens is 1. The van der Waals surface area contributed by atoms with Crippen LogP contribution in [-0.4, -0.2) is 17.1 Å². The predicted molar refractivity (Wildman–Crippen MR) is 123 cm³/mol. The van der Waals surface area contributed by atoms with Gasteiger partial charge in [-0.25, -0.2) is 4.98 Å².